The van der Waals surface area contributed by atoms with Gasteiger partial charge in [0.2, 0.25) is 5.91 Å². The second-order valence-electron chi connectivity index (χ2n) is 6.01. The van der Waals surface area contributed by atoms with Gasteiger partial charge in [-0.2, -0.15) is 0 Å². The monoisotopic (exact) mass is 469 g/mol. The maximum absolute atomic E-state index is 12.0. The van der Waals surface area contributed by atoms with Gasteiger partial charge in [-0.25, -0.2) is 0 Å². The van der Waals surface area contributed by atoms with Crippen LogP contribution in [0, 0.1) is 3.57 Å². The van der Waals surface area contributed by atoms with Crippen molar-refractivity contribution in [1.29, 1.82) is 0 Å². The Hall–Kier alpha value is -2.80. The highest BCUT2D eigenvalue weighted by Crippen LogP contribution is 2.17. The van der Waals surface area contributed by atoms with E-state index in [1.54, 1.807) is 18.2 Å². The number of nitrogens with two attached hydrogens (primary N) is 1. The minimum atomic E-state index is -0.211. The average molecular weight is 469 g/mol. The van der Waals surface area contributed by atoms with Gasteiger partial charge < -0.3 is 16.4 Å². The van der Waals surface area contributed by atoms with Gasteiger partial charge in [0.15, 0.2) is 0 Å². The van der Waals surface area contributed by atoms with Gasteiger partial charge in [-0.05, 0) is 76.2 Å². The van der Waals surface area contributed by atoms with E-state index in [0.29, 0.717) is 11.4 Å². The lowest BCUT2D eigenvalue weighted by atomic mass is 10.1. The Morgan fingerprint density at radius 2 is 1.67 bits per heavy atom. The predicted octanol–water partition coefficient (Wildman–Crippen LogP) is 5.14. The van der Waals surface area contributed by atoms with Gasteiger partial charge >= 0.3 is 0 Å². The van der Waals surface area contributed by atoms with E-state index in [1.165, 1.54) is 15.2 Å². The van der Waals surface area contributed by atoms with Gasteiger partial charge in [0.1, 0.15) is 0 Å². The number of amides is 1. The molecule has 0 saturated heterocycles. The number of anilines is 3. The number of benzene rings is 3. The summed E-state index contributed by atoms with van der Waals surface area (Å²) in [6.45, 7) is 0.748. The Labute approximate surface area is 172 Å². The molecule has 4 nitrogen and oxygen atoms in total. The van der Waals surface area contributed by atoms with E-state index in [4.69, 9.17) is 5.73 Å². The number of hydrogen-bond acceptors (Lipinski definition) is 3. The molecule has 0 bridgehead atoms. The number of hydrogen-bond donors (Lipinski definition) is 3. The van der Waals surface area contributed by atoms with Crippen LogP contribution in [0.2, 0.25) is 0 Å². The molecule has 0 unspecified atom stereocenters. The fourth-order valence-corrected chi connectivity index (χ4v) is 2.84. The second-order valence-corrected chi connectivity index (χ2v) is 7.26. The quantitative estimate of drug-likeness (QED) is 0.266. The lowest BCUT2D eigenvalue weighted by molar-refractivity contribution is -0.111. The number of rotatable bonds is 6. The molecule has 0 aliphatic rings. The Morgan fingerprint density at radius 1 is 0.963 bits per heavy atom. The third-order valence-electron chi connectivity index (χ3n) is 3.97. The molecule has 0 spiro atoms. The van der Waals surface area contributed by atoms with Crippen LogP contribution in [0.3, 0.4) is 0 Å². The van der Waals surface area contributed by atoms with Gasteiger partial charge in [-0.3, -0.25) is 4.79 Å². The van der Waals surface area contributed by atoms with Crippen molar-refractivity contribution < 1.29 is 4.79 Å². The molecular weight excluding hydrogens is 449 g/mol. The summed E-state index contributed by atoms with van der Waals surface area (Å²) in [4.78, 5) is 12.0. The average Bonchev–Trinajstić information content (AvgIpc) is 2.68. The minimum absolute atomic E-state index is 0.211. The van der Waals surface area contributed by atoms with Crippen LogP contribution in [0.15, 0.2) is 78.9 Å². The summed E-state index contributed by atoms with van der Waals surface area (Å²) in [6.07, 6.45) is 3.29. The van der Waals surface area contributed by atoms with Crippen LogP contribution >= 0.6 is 22.6 Å². The predicted molar refractivity (Wildman–Crippen MR) is 121 cm³/mol. The highest BCUT2D eigenvalue weighted by atomic mass is 127. The molecule has 3 rings (SSSR count). The number of nitrogens with one attached hydrogen (secondary N) is 2. The molecule has 5 heteroatoms. The Balaban J connectivity index is 1.53. The van der Waals surface area contributed by atoms with E-state index in [1.807, 2.05) is 36.4 Å². The van der Waals surface area contributed by atoms with Crippen LogP contribution in [0.1, 0.15) is 11.1 Å². The molecule has 0 saturated carbocycles. The van der Waals surface area contributed by atoms with Crippen LogP contribution in [-0.4, -0.2) is 5.91 Å². The molecule has 3 aromatic carbocycles. The van der Waals surface area contributed by atoms with Crippen molar-refractivity contribution in [3.05, 3.63) is 93.6 Å². The van der Waals surface area contributed by atoms with E-state index in [0.717, 1.165) is 17.8 Å². The lowest BCUT2D eigenvalue weighted by Crippen LogP contribution is -2.09. The van der Waals surface area contributed by atoms with Gasteiger partial charge in [0.25, 0.3) is 0 Å². The number of carbonyl (C=O) groups is 1. The zero-order valence-electron chi connectivity index (χ0n) is 14.7. The van der Waals surface area contributed by atoms with Crippen molar-refractivity contribution >= 4 is 51.6 Å². The highest BCUT2D eigenvalue weighted by Gasteiger charge is 2.01. The van der Waals surface area contributed by atoms with Gasteiger partial charge in [-0.15, -0.1) is 0 Å². The molecule has 4 N–H and O–H groups in total. The molecule has 136 valence electrons. The fourth-order valence-electron chi connectivity index (χ4n) is 2.48. The van der Waals surface area contributed by atoms with Gasteiger partial charge in [0.05, 0.1) is 11.4 Å². The van der Waals surface area contributed by atoms with Gasteiger partial charge in [0, 0.05) is 21.9 Å². The number of nitrogen functional groups attached to an aromatic ring is 1. The summed E-state index contributed by atoms with van der Waals surface area (Å²) in [6, 6.07) is 23.5. The molecule has 0 aromatic heterocycles. The van der Waals surface area contributed by atoms with E-state index >= 15 is 0 Å². The van der Waals surface area contributed by atoms with Crippen LogP contribution in [0.25, 0.3) is 6.08 Å². The van der Waals surface area contributed by atoms with Gasteiger partial charge in [-0.1, -0.05) is 36.4 Å². The smallest absolute Gasteiger partial charge is 0.248 e. The highest BCUT2D eigenvalue weighted by molar-refractivity contribution is 14.1. The zero-order valence-corrected chi connectivity index (χ0v) is 16.8. The van der Waals surface area contributed by atoms with Crippen molar-refractivity contribution in [2.24, 2.45) is 0 Å². The maximum Gasteiger partial charge on any atom is 0.248 e. The molecule has 0 radical (unpaired) electrons. The van der Waals surface area contributed by atoms with E-state index in [-0.39, 0.29) is 5.91 Å². The molecule has 3 aromatic rings. The van der Waals surface area contributed by atoms with Crippen molar-refractivity contribution in [1.82, 2.24) is 0 Å². The zero-order chi connectivity index (χ0) is 19.1. The summed E-state index contributed by atoms with van der Waals surface area (Å²) in [5.41, 5.74) is 10.2. The third kappa shape index (κ3) is 5.86. The van der Waals surface area contributed by atoms with Crippen LogP contribution in [0.5, 0.6) is 0 Å². The topological polar surface area (TPSA) is 67.1 Å². The van der Waals surface area contributed by atoms with Crippen LogP contribution in [0.4, 0.5) is 17.1 Å². The Morgan fingerprint density at radius 3 is 2.37 bits per heavy atom. The van der Waals surface area contributed by atoms with Crippen molar-refractivity contribution in [2.45, 2.75) is 6.54 Å². The van der Waals surface area contributed by atoms with E-state index in [9.17, 15) is 4.79 Å². The lowest BCUT2D eigenvalue weighted by Gasteiger charge is -2.07. The first kappa shape index (κ1) is 19.0. The second kappa shape index (κ2) is 9.23. The molecule has 27 heavy (non-hydrogen) atoms. The van der Waals surface area contributed by atoms with Crippen LogP contribution < -0.4 is 16.4 Å². The van der Waals surface area contributed by atoms with Crippen molar-refractivity contribution in [2.75, 3.05) is 16.4 Å². The first-order chi connectivity index (χ1) is 13.1. The maximum atomic E-state index is 12.0. The van der Waals surface area contributed by atoms with Crippen molar-refractivity contribution in [3.63, 3.8) is 0 Å². The molecule has 0 atom stereocenters. The summed E-state index contributed by atoms with van der Waals surface area (Å²) in [5, 5.41) is 6.17. The molecule has 0 aliphatic heterocycles. The Bertz CT molecular complexity index is 935. The van der Waals surface area contributed by atoms with E-state index in [2.05, 4.69) is 57.5 Å². The Kier molecular flexibility index (Phi) is 6.49. The molecular formula is C22H20IN3O. The summed E-state index contributed by atoms with van der Waals surface area (Å²) in [7, 11) is 0. The summed E-state index contributed by atoms with van der Waals surface area (Å²) < 4.78 is 1.22. The third-order valence-corrected chi connectivity index (χ3v) is 4.69. The molecule has 0 fully saturated rings. The largest absolute Gasteiger partial charge is 0.397 e. The fraction of sp³-hybridized carbons (Fsp3) is 0.0455. The molecule has 1 amide bonds. The molecule has 0 aliphatic carbocycles. The first-order valence-corrected chi connectivity index (χ1v) is 9.60. The summed E-state index contributed by atoms with van der Waals surface area (Å²) >= 11 is 2.29. The number of halogens is 1. The molecule has 0 heterocycles. The van der Waals surface area contributed by atoms with E-state index < -0.39 is 0 Å². The number of para-hydroxylation sites is 2. The van der Waals surface area contributed by atoms with Crippen LogP contribution in [-0.2, 0) is 11.3 Å². The normalized spacial score (nSPS) is 10.7. The SMILES string of the molecule is Nc1ccccc1NC(=O)C=Cc1ccc(CNc2ccc(I)cc2)cc1. The standard InChI is InChI=1S/C22H20IN3O/c23-18-10-12-19(13-11-18)25-15-17-7-5-16(6-8-17)9-14-22(27)26-21-4-2-1-3-20(21)24/h1-14,25H,15,24H2,(H,26,27). The first-order valence-electron chi connectivity index (χ1n) is 8.52. The number of carbonyl (C=O) groups excluding carboxylic acids is 1. The summed E-state index contributed by atoms with van der Waals surface area (Å²) in [5.74, 6) is -0.211. The van der Waals surface area contributed by atoms with Crippen molar-refractivity contribution in [3.8, 4) is 0 Å². The minimum Gasteiger partial charge on any atom is -0.397 e.